The summed E-state index contributed by atoms with van der Waals surface area (Å²) in [6.45, 7) is 2.01. The van der Waals surface area contributed by atoms with Crippen LogP contribution in [0.1, 0.15) is 5.56 Å². The van der Waals surface area contributed by atoms with Gasteiger partial charge in [0.05, 0.1) is 5.02 Å². The van der Waals surface area contributed by atoms with E-state index in [9.17, 15) is 0 Å². The van der Waals surface area contributed by atoms with Crippen LogP contribution in [0.4, 0.5) is 0 Å². The summed E-state index contributed by atoms with van der Waals surface area (Å²) >= 11 is 6.09. The number of rotatable bonds is 2. The van der Waals surface area contributed by atoms with Crippen LogP contribution in [0.3, 0.4) is 0 Å². The van der Waals surface area contributed by atoms with E-state index in [0.29, 0.717) is 10.8 Å². The molecule has 0 saturated carbocycles. The van der Waals surface area contributed by atoms with Gasteiger partial charge in [0, 0.05) is 17.7 Å². The molecule has 88 valence electrons. The Balaban J connectivity index is 2.37. The van der Waals surface area contributed by atoms with Crippen LogP contribution in [0.5, 0.6) is 11.5 Å². The molecule has 0 aliphatic carbocycles. The van der Waals surface area contributed by atoms with Gasteiger partial charge in [-0.2, -0.15) is 0 Å². The molecule has 2 aromatic heterocycles. The Kier molecular flexibility index (Phi) is 3.29. The molecule has 0 atom stereocenters. The number of hydrogen-bond acceptors (Lipinski definition) is 1. The molecular weight excluding hydrogens is 236 g/mol. The third kappa shape index (κ3) is 2.74. The van der Waals surface area contributed by atoms with Gasteiger partial charge in [0.2, 0.25) is 18.1 Å². The molecule has 2 aromatic rings. The Morgan fingerprint density at radius 1 is 1.00 bits per heavy atom. The van der Waals surface area contributed by atoms with Crippen LogP contribution >= 0.6 is 11.6 Å². The van der Waals surface area contributed by atoms with Crippen molar-refractivity contribution in [1.29, 1.82) is 0 Å². The van der Waals surface area contributed by atoms with Gasteiger partial charge in [-0.15, -0.1) is 0 Å². The second-order valence-electron chi connectivity index (χ2n) is 4.08. The maximum Gasteiger partial charge on any atom is 0.213 e. The third-order valence-corrected chi connectivity index (χ3v) is 2.81. The normalized spacial score (nSPS) is 10.4. The number of aromatic nitrogens is 2. The molecule has 4 heteroatoms. The zero-order valence-corrected chi connectivity index (χ0v) is 10.9. The van der Waals surface area contributed by atoms with E-state index < -0.39 is 0 Å². The van der Waals surface area contributed by atoms with Gasteiger partial charge in [-0.1, -0.05) is 11.6 Å². The summed E-state index contributed by atoms with van der Waals surface area (Å²) in [4.78, 5) is 0. The molecule has 0 aromatic carbocycles. The second-order valence-corrected chi connectivity index (χ2v) is 4.49. The monoisotopic (exact) mass is 250 g/mol. The summed E-state index contributed by atoms with van der Waals surface area (Å²) in [6.07, 6.45) is 7.65. The predicted octanol–water partition coefficient (Wildman–Crippen LogP) is 2.09. The lowest BCUT2D eigenvalue weighted by Gasteiger charge is -2.06. The zero-order chi connectivity index (χ0) is 12.4. The maximum atomic E-state index is 6.09. The van der Waals surface area contributed by atoms with Crippen molar-refractivity contribution in [2.45, 2.75) is 6.92 Å². The van der Waals surface area contributed by atoms with Gasteiger partial charge in [-0.05, 0) is 6.92 Å². The first-order valence-electron chi connectivity index (χ1n) is 5.35. The SMILES string of the molecule is Cc1cc[n+](C)cc1Oc1c[n+](C)ccc1Cl. The van der Waals surface area contributed by atoms with E-state index in [0.717, 1.165) is 11.3 Å². The molecule has 0 bridgehead atoms. The predicted molar refractivity (Wildman–Crippen MR) is 65.1 cm³/mol. The summed E-state index contributed by atoms with van der Waals surface area (Å²) in [5.41, 5.74) is 1.07. The Morgan fingerprint density at radius 2 is 1.59 bits per heavy atom. The summed E-state index contributed by atoms with van der Waals surface area (Å²) in [5, 5.41) is 0.606. The minimum absolute atomic E-state index is 0.606. The molecular formula is C13H15ClN2O+2. The zero-order valence-electron chi connectivity index (χ0n) is 10.1. The molecule has 0 fully saturated rings. The van der Waals surface area contributed by atoms with Crippen molar-refractivity contribution in [3.05, 3.63) is 47.5 Å². The highest BCUT2D eigenvalue weighted by atomic mass is 35.5. The van der Waals surface area contributed by atoms with Gasteiger partial charge >= 0.3 is 0 Å². The van der Waals surface area contributed by atoms with E-state index in [1.165, 1.54) is 0 Å². The van der Waals surface area contributed by atoms with Gasteiger partial charge < -0.3 is 4.74 Å². The first-order chi connectivity index (χ1) is 8.06. The van der Waals surface area contributed by atoms with Gasteiger partial charge in [0.25, 0.3) is 0 Å². The largest absolute Gasteiger partial charge is 0.443 e. The maximum absolute atomic E-state index is 6.09. The highest BCUT2D eigenvalue weighted by Gasteiger charge is 2.11. The lowest BCUT2D eigenvalue weighted by molar-refractivity contribution is -0.672. The number of ether oxygens (including phenoxy) is 1. The second kappa shape index (κ2) is 4.72. The summed E-state index contributed by atoms with van der Waals surface area (Å²) in [6, 6.07) is 3.82. The molecule has 0 radical (unpaired) electrons. The van der Waals surface area contributed by atoms with Crippen LogP contribution < -0.4 is 13.9 Å². The fourth-order valence-corrected chi connectivity index (χ4v) is 1.64. The Morgan fingerprint density at radius 3 is 2.29 bits per heavy atom. The van der Waals surface area contributed by atoms with Gasteiger partial charge in [-0.3, -0.25) is 0 Å². The van der Waals surface area contributed by atoms with E-state index in [2.05, 4.69) is 0 Å². The standard InChI is InChI=1S/C13H15ClN2O/c1-10-4-6-15(2)8-12(10)17-13-9-16(3)7-5-11(13)14/h4-9H,1-3H3/q+2. The van der Waals surface area contributed by atoms with Gasteiger partial charge in [0.15, 0.2) is 18.1 Å². The molecule has 2 heterocycles. The quantitative estimate of drug-likeness (QED) is 0.746. The Bertz CT molecular complexity index is 506. The van der Waals surface area contributed by atoms with E-state index in [1.54, 1.807) is 0 Å². The van der Waals surface area contributed by atoms with Gasteiger partial charge in [0.1, 0.15) is 14.1 Å². The molecule has 0 saturated heterocycles. The van der Waals surface area contributed by atoms with Gasteiger partial charge in [-0.25, -0.2) is 9.13 Å². The first-order valence-corrected chi connectivity index (χ1v) is 5.72. The molecule has 0 spiro atoms. The number of nitrogens with zero attached hydrogens (tertiary/aromatic N) is 2. The van der Waals surface area contributed by atoms with Crippen molar-refractivity contribution in [2.24, 2.45) is 14.1 Å². The van der Waals surface area contributed by atoms with Crippen molar-refractivity contribution < 1.29 is 13.9 Å². The van der Waals surface area contributed by atoms with Crippen molar-refractivity contribution in [2.75, 3.05) is 0 Å². The lowest BCUT2D eigenvalue weighted by Crippen LogP contribution is -2.27. The number of halogens is 1. The van der Waals surface area contributed by atoms with E-state index in [4.69, 9.17) is 16.3 Å². The lowest BCUT2D eigenvalue weighted by atomic mass is 10.3. The Labute approximate surface area is 106 Å². The first kappa shape index (κ1) is 11.9. The highest BCUT2D eigenvalue weighted by molar-refractivity contribution is 6.31. The van der Waals surface area contributed by atoms with E-state index in [-0.39, 0.29) is 0 Å². The fraction of sp³-hybridized carbons (Fsp3) is 0.231. The van der Waals surface area contributed by atoms with Crippen molar-refractivity contribution >= 4 is 11.6 Å². The van der Waals surface area contributed by atoms with Crippen LogP contribution in [0.25, 0.3) is 0 Å². The summed E-state index contributed by atoms with van der Waals surface area (Å²) < 4.78 is 9.67. The molecule has 17 heavy (non-hydrogen) atoms. The molecule has 2 rings (SSSR count). The molecule has 3 nitrogen and oxygen atoms in total. The minimum Gasteiger partial charge on any atom is -0.443 e. The molecule has 0 amide bonds. The number of pyridine rings is 2. The summed E-state index contributed by atoms with van der Waals surface area (Å²) in [5.74, 6) is 1.47. The van der Waals surface area contributed by atoms with Crippen molar-refractivity contribution in [1.82, 2.24) is 0 Å². The van der Waals surface area contributed by atoms with Crippen LogP contribution in [0, 0.1) is 6.92 Å². The summed E-state index contributed by atoms with van der Waals surface area (Å²) in [7, 11) is 3.89. The molecule has 0 N–H and O–H groups in total. The van der Waals surface area contributed by atoms with Crippen molar-refractivity contribution in [3.8, 4) is 11.5 Å². The third-order valence-electron chi connectivity index (χ3n) is 2.50. The molecule has 0 unspecified atom stereocenters. The van der Waals surface area contributed by atoms with Crippen LogP contribution in [0.2, 0.25) is 5.02 Å². The Hall–Kier alpha value is -1.61. The number of aryl methyl sites for hydroxylation is 3. The number of hydrogen-bond donors (Lipinski definition) is 0. The topological polar surface area (TPSA) is 17.0 Å². The van der Waals surface area contributed by atoms with E-state index >= 15 is 0 Å². The smallest absolute Gasteiger partial charge is 0.213 e. The minimum atomic E-state index is 0.606. The highest BCUT2D eigenvalue weighted by Crippen LogP contribution is 2.28. The average Bonchev–Trinajstić information content (AvgIpc) is 2.28. The van der Waals surface area contributed by atoms with Crippen LogP contribution in [0.15, 0.2) is 36.9 Å². The molecule has 0 aliphatic heterocycles. The molecule has 0 aliphatic rings. The van der Waals surface area contributed by atoms with E-state index in [1.807, 2.05) is 67.1 Å². The van der Waals surface area contributed by atoms with Crippen LogP contribution in [-0.4, -0.2) is 0 Å². The van der Waals surface area contributed by atoms with Crippen LogP contribution in [-0.2, 0) is 14.1 Å². The van der Waals surface area contributed by atoms with Crippen molar-refractivity contribution in [3.63, 3.8) is 0 Å². The average molecular weight is 251 g/mol. The fourth-order valence-electron chi connectivity index (χ4n) is 1.50.